The molecule has 1 aliphatic heterocycles. The van der Waals surface area contributed by atoms with Crippen LogP contribution in [0.15, 0.2) is 10.6 Å². The minimum absolute atomic E-state index is 0. The van der Waals surface area contributed by atoms with Crippen molar-refractivity contribution in [3.63, 3.8) is 0 Å². The molecule has 2 rings (SSSR count). The Balaban J connectivity index is 0.00000264. The van der Waals surface area contributed by atoms with Crippen molar-refractivity contribution in [2.75, 3.05) is 24.2 Å². The topological polar surface area (TPSA) is 96.3 Å². The number of aromatic nitrogens is 1. The summed E-state index contributed by atoms with van der Waals surface area (Å²) < 4.78 is 4.89. The molecule has 1 fully saturated rings. The highest BCUT2D eigenvalue weighted by Gasteiger charge is 2.19. The number of rotatable bonds is 6. The van der Waals surface area contributed by atoms with Gasteiger partial charge in [-0.1, -0.05) is 5.16 Å². The van der Waals surface area contributed by atoms with Gasteiger partial charge in [0.15, 0.2) is 5.82 Å². The van der Waals surface area contributed by atoms with Crippen molar-refractivity contribution < 1.29 is 14.1 Å². The number of aryl methyl sites for hydroxylation is 1. The molecule has 0 radical (unpaired) electrons. The average molecular weight is 363 g/mol. The highest BCUT2D eigenvalue weighted by molar-refractivity contribution is 8.01. The first-order valence-electron chi connectivity index (χ1n) is 7.40. The van der Waals surface area contributed by atoms with Crippen LogP contribution in [0.1, 0.15) is 25.5 Å². The zero-order valence-corrected chi connectivity index (χ0v) is 14.9. The molecule has 1 aromatic heterocycles. The molecule has 3 N–H and O–H groups in total. The number of thioether (sulfide) groups is 1. The van der Waals surface area contributed by atoms with Crippen LogP contribution >= 0.6 is 24.2 Å². The molecule has 0 aromatic carbocycles. The number of hydrogen-bond acceptors (Lipinski definition) is 6. The highest BCUT2D eigenvalue weighted by Crippen LogP contribution is 2.14. The van der Waals surface area contributed by atoms with Crippen LogP contribution in [0.25, 0.3) is 0 Å². The van der Waals surface area contributed by atoms with E-state index in [9.17, 15) is 9.59 Å². The number of anilines is 1. The van der Waals surface area contributed by atoms with Crippen molar-refractivity contribution >= 4 is 41.8 Å². The normalized spacial score (nSPS) is 18.6. The quantitative estimate of drug-likeness (QED) is 0.706. The van der Waals surface area contributed by atoms with Crippen LogP contribution in [0.3, 0.4) is 0 Å². The van der Waals surface area contributed by atoms with Crippen LogP contribution in [0.2, 0.25) is 0 Å². The predicted molar refractivity (Wildman–Crippen MR) is 93.1 cm³/mol. The van der Waals surface area contributed by atoms with E-state index in [-0.39, 0.29) is 41.3 Å². The molecule has 2 amide bonds. The zero-order valence-electron chi connectivity index (χ0n) is 13.3. The number of carbonyl (C=O) groups is 2. The summed E-state index contributed by atoms with van der Waals surface area (Å²) >= 11 is 1.30. The van der Waals surface area contributed by atoms with Crippen LogP contribution in [-0.4, -0.2) is 47.1 Å². The number of nitrogens with zero attached hydrogens (tertiary/aromatic N) is 1. The van der Waals surface area contributed by atoms with E-state index < -0.39 is 0 Å². The smallest absolute Gasteiger partial charge is 0.238 e. The van der Waals surface area contributed by atoms with Crippen molar-refractivity contribution in [1.82, 2.24) is 15.8 Å². The second-order valence-electron chi connectivity index (χ2n) is 5.38. The Kier molecular flexibility index (Phi) is 8.43. The van der Waals surface area contributed by atoms with Crippen LogP contribution in [0.5, 0.6) is 0 Å². The monoisotopic (exact) mass is 362 g/mol. The summed E-state index contributed by atoms with van der Waals surface area (Å²) in [6.45, 7) is 5.35. The fourth-order valence-corrected chi connectivity index (χ4v) is 2.87. The van der Waals surface area contributed by atoms with Crippen molar-refractivity contribution in [3.05, 3.63) is 11.8 Å². The maximum Gasteiger partial charge on any atom is 0.238 e. The molecule has 0 bridgehead atoms. The third kappa shape index (κ3) is 6.80. The van der Waals surface area contributed by atoms with E-state index in [0.29, 0.717) is 11.6 Å². The van der Waals surface area contributed by atoms with Crippen molar-refractivity contribution in [2.24, 2.45) is 0 Å². The number of carbonyl (C=O) groups excluding carboxylic acids is 2. The van der Waals surface area contributed by atoms with Gasteiger partial charge < -0.3 is 20.5 Å². The summed E-state index contributed by atoms with van der Waals surface area (Å²) in [4.78, 5) is 23.9. The van der Waals surface area contributed by atoms with Gasteiger partial charge in [-0.15, -0.1) is 24.2 Å². The molecule has 0 aliphatic carbocycles. The van der Waals surface area contributed by atoms with Crippen molar-refractivity contribution in [3.8, 4) is 0 Å². The third-order valence-corrected chi connectivity index (χ3v) is 4.52. The first kappa shape index (κ1) is 19.8. The van der Waals surface area contributed by atoms with Gasteiger partial charge in [0.25, 0.3) is 0 Å². The summed E-state index contributed by atoms with van der Waals surface area (Å²) in [5, 5.41) is 12.3. The number of hydrogen-bond donors (Lipinski definition) is 3. The Morgan fingerprint density at radius 1 is 1.57 bits per heavy atom. The third-order valence-electron chi connectivity index (χ3n) is 3.37. The maximum absolute atomic E-state index is 12.0. The van der Waals surface area contributed by atoms with Gasteiger partial charge in [-0.25, -0.2) is 0 Å². The number of nitrogens with one attached hydrogen (secondary N) is 3. The van der Waals surface area contributed by atoms with Crippen LogP contribution in [0.4, 0.5) is 5.82 Å². The molecule has 2 unspecified atom stereocenters. The summed E-state index contributed by atoms with van der Waals surface area (Å²) in [6, 6.07) is 1.85. The van der Waals surface area contributed by atoms with Crippen LogP contribution in [0, 0.1) is 6.92 Å². The standard InChI is InChI=1S/C14H22N4O3S.ClH/c1-9-6-12(18-21-9)17-14(20)10(2)22-8-13(19)16-11-4-3-5-15-7-11;/h6,10-11,15H,3-5,7-8H2,1-2H3,(H,16,19)(H,17,18,20);1H. The first-order chi connectivity index (χ1) is 10.5. The lowest BCUT2D eigenvalue weighted by Crippen LogP contribution is -2.46. The molecule has 1 saturated heterocycles. The Labute approximate surface area is 146 Å². The Morgan fingerprint density at radius 2 is 2.35 bits per heavy atom. The molecule has 2 heterocycles. The minimum Gasteiger partial charge on any atom is -0.360 e. The fraction of sp³-hybridized carbons (Fsp3) is 0.643. The summed E-state index contributed by atoms with van der Waals surface area (Å²) in [6.07, 6.45) is 2.08. The number of halogens is 1. The molecular formula is C14H23ClN4O3S. The first-order valence-corrected chi connectivity index (χ1v) is 8.45. The molecule has 0 spiro atoms. The van der Waals surface area contributed by atoms with E-state index >= 15 is 0 Å². The molecular weight excluding hydrogens is 340 g/mol. The van der Waals surface area contributed by atoms with Gasteiger partial charge in [-0.05, 0) is 33.2 Å². The van der Waals surface area contributed by atoms with Gasteiger partial charge in [-0.2, -0.15) is 0 Å². The Morgan fingerprint density at radius 3 is 2.96 bits per heavy atom. The fourth-order valence-electron chi connectivity index (χ4n) is 2.17. The highest BCUT2D eigenvalue weighted by atomic mass is 35.5. The zero-order chi connectivity index (χ0) is 15.9. The van der Waals surface area contributed by atoms with E-state index in [1.54, 1.807) is 19.9 Å². The van der Waals surface area contributed by atoms with Crippen LogP contribution in [-0.2, 0) is 9.59 Å². The van der Waals surface area contributed by atoms with Gasteiger partial charge in [0.2, 0.25) is 11.8 Å². The second-order valence-corrected chi connectivity index (χ2v) is 6.71. The molecule has 1 aliphatic rings. The average Bonchev–Trinajstić information content (AvgIpc) is 2.91. The minimum atomic E-state index is -0.341. The van der Waals surface area contributed by atoms with Crippen molar-refractivity contribution in [1.29, 1.82) is 0 Å². The molecule has 23 heavy (non-hydrogen) atoms. The molecule has 2 atom stereocenters. The number of amides is 2. The van der Waals surface area contributed by atoms with E-state index in [1.807, 2.05) is 0 Å². The second kappa shape index (κ2) is 9.79. The molecule has 1 aromatic rings. The van der Waals surface area contributed by atoms with E-state index in [1.165, 1.54) is 11.8 Å². The SMILES string of the molecule is Cc1cc(NC(=O)C(C)SCC(=O)NC2CCCNC2)no1.Cl. The largest absolute Gasteiger partial charge is 0.360 e. The summed E-state index contributed by atoms with van der Waals surface area (Å²) in [5.41, 5.74) is 0. The van der Waals surface area contributed by atoms with Gasteiger partial charge in [0.1, 0.15) is 5.76 Å². The molecule has 7 nitrogen and oxygen atoms in total. The summed E-state index contributed by atoms with van der Waals surface area (Å²) in [7, 11) is 0. The summed E-state index contributed by atoms with van der Waals surface area (Å²) in [5.74, 6) is 1.08. The molecule has 0 saturated carbocycles. The van der Waals surface area contributed by atoms with E-state index in [0.717, 1.165) is 25.9 Å². The number of piperidine rings is 1. The van der Waals surface area contributed by atoms with Gasteiger partial charge in [0, 0.05) is 18.7 Å². The Bertz CT molecular complexity index is 520. The van der Waals surface area contributed by atoms with Gasteiger partial charge in [0.05, 0.1) is 11.0 Å². The molecule has 130 valence electrons. The van der Waals surface area contributed by atoms with Crippen LogP contribution < -0.4 is 16.0 Å². The lowest BCUT2D eigenvalue weighted by Gasteiger charge is -2.23. The van der Waals surface area contributed by atoms with Gasteiger partial charge >= 0.3 is 0 Å². The maximum atomic E-state index is 12.0. The lowest BCUT2D eigenvalue weighted by atomic mass is 10.1. The molecule has 9 heteroatoms. The Hall–Kier alpha value is -1.25. The lowest BCUT2D eigenvalue weighted by molar-refractivity contribution is -0.119. The van der Waals surface area contributed by atoms with Gasteiger partial charge in [-0.3, -0.25) is 9.59 Å². The predicted octanol–water partition coefficient (Wildman–Crippen LogP) is 1.33. The van der Waals surface area contributed by atoms with E-state index in [2.05, 4.69) is 21.1 Å². The van der Waals surface area contributed by atoms with E-state index in [4.69, 9.17) is 4.52 Å². The van der Waals surface area contributed by atoms with Crippen molar-refractivity contribution in [2.45, 2.75) is 38.0 Å².